The van der Waals surface area contributed by atoms with Crippen LogP contribution in [0.4, 0.5) is 0 Å². The van der Waals surface area contributed by atoms with Crippen LogP contribution in [0.25, 0.3) is 11.1 Å². The Morgan fingerprint density at radius 1 is 0.774 bits per heavy atom. The van der Waals surface area contributed by atoms with Crippen LogP contribution in [0.3, 0.4) is 0 Å². The number of rotatable bonds is 4. The summed E-state index contributed by atoms with van der Waals surface area (Å²) in [5.41, 5.74) is 5.95. The molecule has 3 aromatic carbocycles. The number of carbonyl (C=O) groups excluding carboxylic acids is 2. The molecule has 0 spiro atoms. The topological polar surface area (TPSA) is 49.4 Å². The first kappa shape index (κ1) is 20.9. The highest BCUT2D eigenvalue weighted by Crippen LogP contribution is 2.20. The van der Waals surface area contributed by atoms with E-state index in [2.05, 4.69) is 17.4 Å². The molecule has 1 saturated heterocycles. The lowest BCUT2D eigenvalue weighted by molar-refractivity contribution is 0.0698. The van der Waals surface area contributed by atoms with Crippen LogP contribution in [0.2, 0.25) is 0 Å². The molecule has 1 aliphatic rings. The van der Waals surface area contributed by atoms with Crippen molar-refractivity contribution in [3.05, 3.63) is 95.1 Å². The van der Waals surface area contributed by atoms with Crippen LogP contribution < -0.4 is 5.32 Å². The molecule has 2 amide bonds. The van der Waals surface area contributed by atoms with Crippen LogP contribution in [-0.2, 0) is 0 Å². The first-order valence-corrected chi connectivity index (χ1v) is 10.8. The highest BCUT2D eigenvalue weighted by Gasteiger charge is 2.25. The molecule has 1 fully saturated rings. The summed E-state index contributed by atoms with van der Waals surface area (Å²) in [7, 11) is 0. The molecule has 4 heteroatoms. The van der Waals surface area contributed by atoms with Crippen molar-refractivity contribution in [2.45, 2.75) is 32.7 Å². The average Bonchev–Trinajstić information content (AvgIpc) is 2.81. The highest BCUT2D eigenvalue weighted by atomic mass is 16.2. The molecule has 0 atom stereocenters. The summed E-state index contributed by atoms with van der Waals surface area (Å²) in [5.74, 6) is 0.0166. The Hall–Kier alpha value is -3.40. The average molecular weight is 413 g/mol. The third-order valence-corrected chi connectivity index (χ3v) is 6.13. The maximum atomic E-state index is 12.8. The van der Waals surface area contributed by atoms with Gasteiger partial charge in [-0.15, -0.1) is 0 Å². The second kappa shape index (κ2) is 9.17. The van der Waals surface area contributed by atoms with Crippen LogP contribution in [-0.4, -0.2) is 35.8 Å². The van der Waals surface area contributed by atoms with Crippen molar-refractivity contribution in [2.75, 3.05) is 13.1 Å². The number of hydrogen-bond donors (Lipinski definition) is 1. The number of benzene rings is 3. The van der Waals surface area contributed by atoms with Gasteiger partial charge in [-0.2, -0.15) is 0 Å². The number of nitrogens with zero attached hydrogens (tertiary/aromatic N) is 1. The summed E-state index contributed by atoms with van der Waals surface area (Å²) in [6.07, 6.45) is 1.54. The van der Waals surface area contributed by atoms with E-state index in [0.29, 0.717) is 18.7 Å². The molecular formula is C27H28N2O2. The maximum Gasteiger partial charge on any atom is 0.253 e. The van der Waals surface area contributed by atoms with Crippen LogP contribution in [0.1, 0.15) is 44.7 Å². The Balaban J connectivity index is 1.31. The minimum atomic E-state index is -0.0569. The minimum absolute atomic E-state index is 0.0569. The Morgan fingerprint density at radius 3 is 2.03 bits per heavy atom. The summed E-state index contributed by atoms with van der Waals surface area (Å²) in [5, 5.41) is 3.13. The normalized spacial score (nSPS) is 14.3. The number of hydrogen-bond acceptors (Lipinski definition) is 2. The van der Waals surface area contributed by atoms with E-state index in [9.17, 15) is 9.59 Å². The summed E-state index contributed by atoms with van der Waals surface area (Å²) in [6, 6.07) is 23.8. The van der Waals surface area contributed by atoms with E-state index in [1.165, 1.54) is 5.56 Å². The molecule has 3 aromatic rings. The Bertz CT molecular complexity index is 1070. The lowest BCUT2D eigenvalue weighted by Gasteiger charge is -2.32. The fourth-order valence-corrected chi connectivity index (χ4v) is 4.00. The number of piperidine rings is 1. The van der Waals surface area contributed by atoms with Gasteiger partial charge >= 0.3 is 0 Å². The fraction of sp³-hybridized carbons (Fsp3) is 0.259. The first-order valence-electron chi connectivity index (χ1n) is 10.8. The zero-order chi connectivity index (χ0) is 21.8. The number of likely N-dealkylation sites (tertiary alicyclic amines) is 1. The van der Waals surface area contributed by atoms with Gasteiger partial charge in [0.05, 0.1) is 0 Å². The first-order chi connectivity index (χ1) is 15.0. The van der Waals surface area contributed by atoms with Crippen molar-refractivity contribution in [1.82, 2.24) is 10.2 Å². The second-order valence-electron chi connectivity index (χ2n) is 8.28. The molecule has 4 nitrogen and oxygen atoms in total. The highest BCUT2D eigenvalue weighted by molar-refractivity contribution is 5.95. The van der Waals surface area contributed by atoms with E-state index >= 15 is 0 Å². The summed E-state index contributed by atoms with van der Waals surface area (Å²) < 4.78 is 0. The zero-order valence-corrected chi connectivity index (χ0v) is 18.1. The van der Waals surface area contributed by atoms with Crippen LogP contribution in [0.15, 0.2) is 72.8 Å². The lowest BCUT2D eigenvalue weighted by atomic mass is 10.0. The van der Waals surface area contributed by atoms with Crippen molar-refractivity contribution in [1.29, 1.82) is 0 Å². The van der Waals surface area contributed by atoms with Crippen molar-refractivity contribution < 1.29 is 9.59 Å². The van der Waals surface area contributed by atoms with Crippen molar-refractivity contribution >= 4 is 11.8 Å². The van der Waals surface area contributed by atoms with Gasteiger partial charge in [0.2, 0.25) is 0 Å². The molecule has 1 heterocycles. The van der Waals surface area contributed by atoms with Gasteiger partial charge in [-0.3, -0.25) is 9.59 Å². The van der Waals surface area contributed by atoms with Crippen molar-refractivity contribution in [2.24, 2.45) is 0 Å². The van der Waals surface area contributed by atoms with Crippen LogP contribution in [0.5, 0.6) is 0 Å². The van der Waals surface area contributed by atoms with E-state index in [0.717, 1.165) is 35.1 Å². The standard InChI is InChI=1S/C27H28N2O2/c1-19-8-9-24(18-20(19)2)27(31)29-16-14-25(15-17-29)28-26(30)23-12-10-22(11-13-23)21-6-4-3-5-7-21/h3-13,18,25H,14-17H2,1-2H3,(H,28,30). The van der Waals surface area contributed by atoms with E-state index in [4.69, 9.17) is 0 Å². The SMILES string of the molecule is Cc1ccc(C(=O)N2CCC(NC(=O)c3ccc(-c4ccccc4)cc3)CC2)cc1C. The number of carbonyl (C=O) groups is 2. The fourth-order valence-electron chi connectivity index (χ4n) is 4.00. The van der Waals surface area contributed by atoms with Gasteiger partial charge in [0.1, 0.15) is 0 Å². The zero-order valence-electron chi connectivity index (χ0n) is 18.1. The quantitative estimate of drug-likeness (QED) is 0.655. The Labute approximate surface area is 183 Å². The number of amides is 2. The van der Waals surface area contributed by atoms with Gasteiger partial charge < -0.3 is 10.2 Å². The summed E-state index contributed by atoms with van der Waals surface area (Å²) in [6.45, 7) is 5.39. The molecule has 0 radical (unpaired) electrons. The molecule has 1 N–H and O–H groups in total. The molecule has 158 valence electrons. The van der Waals surface area contributed by atoms with Gasteiger partial charge in [0.25, 0.3) is 11.8 Å². The third-order valence-electron chi connectivity index (χ3n) is 6.13. The minimum Gasteiger partial charge on any atom is -0.349 e. The number of nitrogens with one attached hydrogen (secondary N) is 1. The molecular weight excluding hydrogens is 384 g/mol. The van der Waals surface area contributed by atoms with Crippen molar-refractivity contribution in [3.63, 3.8) is 0 Å². The summed E-state index contributed by atoms with van der Waals surface area (Å²) in [4.78, 5) is 27.4. The second-order valence-corrected chi connectivity index (χ2v) is 8.28. The molecule has 0 aliphatic carbocycles. The van der Waals surface area contributed by atoms with Gasteiger partial charge in [0.15, 0.2) is 0 Å². The van der Waals surface area contributed by atoms with Gasteiger partial charge in [-0.05, 0) is 73.2 Å². The predicted molar refractivity (Wildman–Crippen MR) is 124 cm³/mol. The van der Waals surface area contributed by atoms with Gasteiger partial charge in [-0.1, -0.05) is 48.5 Å². The van der Waals surface area contributed by atoms with E-state index < -0.39 is 0 Å². The maximum absolute atomic E-state index is 12.8. The molecule has 1 aliphatic heterocycles. The number of aryl methyl sites for hydroxylation is 2. The molecule has 0 unspecified atom stereocenters. The largest absolute Gasteiger partial charge is 0.349 e. The third kappa shape index (κ3) is 4.85. The van der Waals surface area contributed by atoms with Gasteiger partial charge in [0, 0.05) is 30.3 Å². The Morgan fingerprint density at radius 2 is 1.39 bits per heavy atom. The van der Waals surface area contributed by atoms with Gasteiger partial charge in [-0.25, -0.2) is 0 Å². The van der Waals surface area contributed by atoms with Crippen molar-refractivity contribution in [3.8, 4) is 11.1 Å². The van der Waals surface area contributed by atoms with Crippen LogP contribution >= 0.6 is 0 Å². The van der Waals surface area contributed by atoms with E-state index in [-0.39, 0.29) is 17.9 Å². The predicted octanol–water partition coefficient (Wildman–Crippen LogP) is 5.01. The molecule has 31 heavy (non-hydrogen) atoms. The molecule has 0 bridgehead atoms. The molecule has 0 saturated carbocycles. The lowest BCUT2D eigenvalue weighted by Crippen LogP contribution is -2.46. The summed E-state index contributed by atoms with van der Waals surface area (Å²) >= 11 is 0. The molecule has 4 rings (SSSR count). The Kier molecular flexibility index (Phi) is 6.17. The smallest absolute Gasteiger partial charge is 0.253 e. The van der Waals surface area contributed by atoms with Crippen LogP contribution in [0, 0.1) is 13.8 Å². The molecule has 0 aromatic heterocycles. The van der Waals surface area contributed by atoms with E-state index in [1.54, 1.807) is 0 Å². The van der Waals surface area contributed by atoms with E-state index in [1.807, 2.05) is 79.4 Å². The monoisotopic (exact) mass is 412 g/mol.